The predicted molar refractivity (Wildman–Crippen MR) is 141 cm³/mol. The number of aromatic nitrogens is 4. The molecule has 0 amide bonds. The first-order valence-electron chi connectivity index (χ1n) is 9.61. The monoisotopic (exact) mass is 584 g/mol. The van der Waals surface area contributed by atoms with Crippen molar-refractivity contribution in [2.45, 2.75) is 0 Å². The van der Waals surface area contributed by atoms with E-state index < -0.39 is 10.4 Å². The Kier molecular flexibility index (Phi) is 12.8. The van der Waals surface area contributed by atoms with Crippen molar-refractivity contribution in [2.24, 2.45) is 11.5 Å². The summed E-state index contributed by atoms with van der Waals surface area (Å²) in [5.74, 6) is 0. The minimum Gasteiger partial charge on any atom is -0.388 e. The molecule has 0 aliphatic carbocycles. The Labute approximate surface area is 229 Å². The third-order valence-corrected chi connectivity index (χ3v) is 4.28. The van der Waals surface area contributed by atoms with Crippen LogP contribution in [-0.4, -0.2) is 47.4 Å². The van der Waals surface area contributed by atoms with E-state index in [4.69, 9.17) is 53.4 Å². The topological polar surface area (TPSA) is 178 Å². The Morgan fingerprint density at radius 2 is 0.972 bits per heavy atom. The first kappa shape index (κ1) is 30.8. The molecule has 0 radical (unpaired) electrons. The van der Waals surface area contributed by atoms with Crippen LogP contribution in [0.15, 0.2) is 85.2 Å². The second-order valence-electron chi connectivity index (χ2n) is 6.42. The van der Waals surface area contributed by atoms with Gasteiger partial charge >= 0.3 is 10.4 Å². The normalized spacial score (nSPS) is 9.83. The maximum Gasteiger partial charge on any atom is 0.394 e. The zero-order chi connectivity index (χ0) is 25.8. The summed E-state index contributed by atoms with van der Waals surface area (Å²) in [5, 5.41) is 0. The smallest absolute Gasteiger partial charge is 0.388 e. The molecule has 0 fully saturated rings. The molecule has 14 heteroatoms. The summed E-state index contributed by atoms with van der Waals surface area (Å²) in [4.78, 5) is 17.6. The standard InChI is InChI=1S/2C11H9N3S.Fe.H2O4S/c2*12-11(15)10-6-3-5-9(14-10)8-4-1-2-7-13-8;;1-5(2,3)4/h2*1-7H,(H2,12,15);;(H2,1,2,3,4). The van der Waals surface area contributed by atoms with Gasteiger partial charge in [-0.3, -0.25) is 19.1 Å². The van der Waals surface area contributed by atoms with Crippen LogP contribution in [-0.2, 0) is 27.5 Å². The van der Waals surface area contributed by atoms with Gasteiger partial charge in [-0.25, -0.2) is 9.97 Å². The molecule has 36 heavy (non-hydrogen) atoms. The Balaban J connectivity index is 0.000000298. The van der Waals surface area contributed by atoms with Gasteiger partial charge in [0.25, 0.3) is 0 Å². The summed E-state index contributed by atoms with van der Waals surface area (Å²) in [6.45, 7) is 0. The van der Waals surface area contributed by atoms with Crippen molar-refractivity contribution in [2.75, 3.05) is 0 Å². The van der Waals surface area contributed by atoms with Crippen LogP contribution in [0, 0.1) is 0 Å². The summed E-state index contributed by atoms with van der Waals surface area (Å²) < 4.78 is 31.6. The molecule has 4 aromatic rings. The van der Waals surface area contributed by atoms with Crippen molar-refractivity contribution in [1.82, 2.24) is 19.9 Å². The van der Waals surface area contributed by atoms with Crippen LogP contribution in [0.25, 0.3) is 22.8 Å². The largest absolute Gasteiger partial charge is 0.394 e. The fourth-order valence-corrected chi connectivity index (χ4v) is 2.69. The molecule has 0 aliphatic heterocycles. The molecule has 0 aliphatic rings. The SMILES string of the molecule is NC(=S)c1cccc(-c2ccccn2)n1.NC(=S)c1cccc(-c2ccccn2)n1.O=S(=O)(O)O.[Fe]. The van der Waals surface area contributed by atoms with E-state index in [0.29, 0.717) is 21.4 Å². The molecule has 0 unspecified atom stereocenters. The second-order valence-corrected chi connectivity index (χ2v) is 8.20. The van der Waals surface area contributed by atoms with E-state index in [0.717, 1.165) is 22.8 Å². The summed E-state index contributed by atoms with van der Waals surface area (Å²) in [6, 6.07) is 22.4. The van der Waals surface area contributed by atoms with Crippen LogP contribution < -0.4 is 11.5 Å². The van der Waals surface area contributed by atoms with Gasteiger partial charge in [0, 0.05) is 29.5 Å². The minimum atomic E-state index is -4.67. The van der Waals surface area contributed by atoms with Gasteiger partial charge in [0.15, 0.2) is 0 Å². The maximum atomic E-state index is 8.74. The molecule has 4 rings (SSSR count). The zero-order valence-electron chi connectivity index (χ0n) is 18.3. The number of rotatable bonds is 4. The fourth-order valence-electron chi connectivity index (χ4n) is 2.46. The fraction of sp³-hybridized carbons (Fsp3) is 0. The summed E-state index contributed by atoms with van der Waals surface area (Å²) in [5.41, 5.74) is 15.4. The molecule has 0 bridgehead atoms. The molecule has 4 heterocycles. The van der Waals surface area contributed by atoms with Gasteiger partial charge in [0.05, 0.1) is 34.2 Å². The molecule has 0 spiro atoms. The van der Waals surface area contributed by atoms with Gasteiger partial charge in [-0.1, -0.05) is 48.7 Å². The molecule has 0 saturated heterocycles. The number of thiocarbonyl (C=S) groups is 2. The third-order valence-electron chi connectivity index (χ3n) is 3.86. The Bertz CT molecular complexity index is 1290. The second kappa shape index (κ2) is 15.0. The molecule has 0 aromatic carbocycles. The first-order valence-corrected chi connectivity index (χ1v) is 11.8. The number of nitrogens with zero attached hydrogens (tertiary/aromatic N) is 4. The van der Waals surface area contributed by atoms with E-state index >= 15 is 0 Å². The summed E-state index contributed by atoms with van der Waals surface area (Å²) in [7, 11) is -4.67. The molecule has 0 saturated carbocycles. The Hall–Kier alpha value is -3.23. The van der Waals surface area contributed by atoms with Crippen molar-refractivity contribution < 1.29 is 34.6 Å². The molecular weight excluding hydrogens is 564 g/mol. The van der Waals surface area contributed by atoms with E-state index in [9.17, 15) is 0 Å². The predicted octanol–water partition coefficient (Wildman–Crippen LogP) is 2.90. The van der Waals surface area contributed by atoms with E-state index in [-0.39, 0.29) is 17.1 Å². The molecule has 4 aromatic heterocycles. The van der Waals surface area contributed by atoms with E-state index in [2.05, 4.69) is 19.9 Å². The van der Waals surface area contributed by atoms with Gasteiger partial charge in [-0.15, -0.1) is 0 Å². The van der Waals surface area contributed by atoms with Crippen molar-refractivity contribution in [1.29, 1.82) is 0 Å². The molecule has 6 N–H and O–H groups in total. The van der Waals surface area contributed by atoms with Crippen molar-refractivity contribution in [3.8, 4) is 22.8 Å². The van der Waals surface area contributed by atoms with Crippen LogP contribution in [0.5, 0.6) is 0 Å². The Morgan fingerprint density at radius 1 is 0.639 bits per heavy atom. The molecule has 188 valence electrons. The van der Waals surface area contributed by atoms with Gasteiger partial charge in [0.1, 0.15) is 9.98 Å². The van der Waals surface area contributed by atoms with Crippen molar-refractivity contribution in [3.05, 3.63) is 96.6 Å². The third kappa shape index (κ3) is 11.5. The van der Waals surface area contributed by atoms with Gasteiger partial charge in [-0.05, 0) is 48.5 Å². The number of nitrogens with two attached hydrogens (primary N) is 2. The average Bonchev–Trinajstić information content (AvgIpc) is 2.85. The zero-order valence-corrected chi connectivity index (χ0v) is 21.9. The minimum absolute atomic E-state index is 0. The Morgan fingerprint density at radius 3 is 1.25 bits per heavy atom. The molecular formula is C22H20FeN6O4S3. The summed E-state index contributed by atoms with van der Waals surface area (Å²) in [6.07, 6.45) is 3.45. The van der Waals surface area contributed by atoms with E-state index in [1.54, 1.807) is 24.5 Å². The van der Waals surface area contributed by atoms with Crippen LogP contribution >= 0.6 is 24.4 Å². The quantitative estimate of drug-likeness (QED) is 0.157. The summed E-state index contributed by atoms with van der Waals surface area (Å²) >= 11 is 9.73. The molecule has 0 atom stereocenters. The van der Waals surface area contributed by atoms with Crippen molar-refractivity contribution in [3.63, 3.8) is 0 Å². The van der Waals surface area contributed by atoms with Crippen LogP contribution in [0.1, 0.15) is 11.4 Å². The van der Waals surface area contributed by atoms with Crippen molar-refractivity contribution >= 4 is 44.8 Å². The van der Waals surface area contributed by atoms with E-state index in [1.165, 1.54) is 0 Å². The van der Waals surface area contributed by atoms with E-state index in [1.807, 2.05) is 60.7 Å². The molecule has 10 nitrogen and oxygen atoms in total. The number of hydrogen-bond acceptors (Lipinski definition) is 8. The van der Waals surface area contributed by atoms with Gasteiger partial charge in [0.2, 0.25) is 0 Å². The van der Waals surface area contributed by atoms with Crippen LogP contribution in [0.4, 0.5) is 0 Å². The van der Waals surface area contributed by atoms with Gasteiger partial charge < -0.3 is 11.5 Å². The van der Waals surface area contributed by atoms with Gasteiger partial charge in [-0.2, -0.15) is 8.42 Å². The first-order chi connectivity index (χ1) is 16.5. The maximum absolute atomic E-state index is 8.74. The number of hydrogen-bond donors (Lipinski definition) is 4. The van der Waals surface area contributed by atoms with Crippen LogP contribution in [0.2, 0.25) is 0 Å². The number of pyridine rings is 4. The van der Waals surface area contributed by atoms with Crippen LogP contribution in [0.3, 0.4) is 0 Å². The average molecular weight is 584 g/mol.